The van der Waals surface area contributed by atoms with Crippen molar-refractivity contribution < 1.29 is 4.74 Å². The minimum Gasteiger partial charge on any atom is -0.385 e. The highest BCUT2D eigenvalue weighted by Gasteiger charge is 2.19. The van der Waals surface area contributed by atoms with Crippen molar-refractivity contribution in [1.82, 2.24) is 9.55 Å². The molecule has 2 unspecified atom stereocenters. The molecule has 0 amide bonds. The number of rotatable bonds is 5. The molecule has 19 heavy (non-hydrogen) atoms. The molecule has 0 N–H and O–H groups in total. The predicted octanol–water partition coefficient (Wildman–Crippen LogP) is 4.59. The van der Waals surface area contributed by atoms with E-state index in [9.17, 15) is 0 Å². The van der Waals surface area contributed by atoms with Gasteiger partial charge in [0.1, 0.15) is 5.82 Å². The van der Waals surface area contributed by atoms with E-state index in [-0.39, 0.29) is 11.4 Å². The van der Waals surface area contributed by atoms with Gasteiger partial charge in [0, 0.05) is 24.8 Å². The van der Waals surface area contributed by atoms with E-state index >= 15 is 0 Å². The van der Waals surface area contributed by atoms with E-state index in [1.54, 1.807) is 7.11 Å². The smallest absolute Gasteiger partial charge is 0.127 e. The third-order valence-corrected chi connectivity index (χ3v) is 3.65. The summed E-state index contributed by atoms with van der Waals surface area (Å²) in [5.41, 5.74) is 1.95. The predicted molar refractivity (Wildman–Crippen MR) is 80.2 cm³/mol. The molecule has 0 spiro atoms. The lowest BCUT2D eigenvalue weighted by molar-refractivity contribution is 0.181. The Morgan fingerprint density at radius 2 is 2.11 bits per heavy atom. The summed E-state index contributed by atoms with van der Waals surface area (Å²) in [6.45, 7) is 4.78. The number of alkyl halides is 1. The molecule has 0 saturated heterocycles. The lowest BCUT2D eigenvalue weighted by atomic mass is 10.2. The first-order chi connectivity index (χ1) is 9.04. The Bertz CT molecular complexity index is 566. The second-order valence-electron chi connectivity index (χ2n) is 4.72. The van der Waals surface area contributed by atoms with Gasteiger partial charge in [0.25, 0.3) is 0 Å². The van der Waals surface area contributed by atoms with Crippen LogP contribution in [0.5, 0.6) is 0 Å². The van der Waals surface area contributed by atoms with Crippen molar-refractivity contribution in [2.75, 3.05) is 13.7 Å². The lowest BCUT2D eigenvalue weighted by Crippen LogP contribution is -2.12. The number of methoxy groups -OCH3 is 1. The zero-order valence-electron chi connectivity index (χ0n) is 11.4. The number of aromatic nitrogens is 2. The molecular weight excluding hydrogens is 283 g/mol. The SMILES string of the molecule is COCCC(C)n1c(C(C)Cl)nc2ccc(Cl)cc21. The molecule has 0 radical (unpaired) electrons. The first-order valence-corrected chi connectivity index (χ1v) is 7.16. The molecule has 2 atom stereocenters. The van der Waals surface area contributed by atoms with E-state index in [0.717, 1.165) is 23.3 Å². The van der Waals surface area contributed by atoms with Crippen molar-refractivity contribution in [2.24, 2.45) is 0 Å². The van der Waals surface area contributed by atoms with E-state index in [2.05, 4.69) is 16.5 Å². The highest BCUT2D eigenvalue weighted by atomic mass is 35.5. The molecule has 104 valence electrons. The molecule has 0 aliphatic carbocycles. The van der Waals surface area contributed by atoms with Crippen LogP contribution in [0.25, 0.3) is 11.0 Å². The van der Waals surface area contributed by atoms with Gasteiger partial charge in [0.15, 0.2) is 0 Å². The minimum absolute atomic E-state index is 0.142. The fourth-order valence-corrected chi connectivity index (χ4v) is 2.57. The Labute approximate surface area is 123 Å². The van der Waals surface area contributed by atoms with Crippen molar-refractivity contribution in [1.29, 1.82) is 0 Å². The fourth-order valence-electron chi connectivity index (χ4n) is 2.25. The monoisotopic (exact) mass is 300 g/mol. The van der Waals surface area contributed by atoms with Crippen LogP contribution in [-0.4, -0.2) is 23.3 Å². The van der Waals surface area contributed by atoms with Gasteiger partial charge in [0.2, 0.25) is 0 Å². The maximum atomic E-state index is 6.25. The van der Waals surface area contributed by atoms with Crippen LogP contribution >= 0.6 is 23.2 Å². The number of nitrogens with zero attached hydrogens (tertiary/aromatic N) is 2. The third-order valence-electron chi connectivity index (χ3n) is 3.22. The van der Waals surface area contributed by atoms with Crippen LogP contribution in [0.4, 0.5) is 0 Å². The minimum atomic E-state index is -0.142. The zero-order chi connectivity index (χ0) is 14.0. The van der Waals surface area contributed by atoms with Crippen LogP contribution in [-0.2, 0) is 4.74 Å². The van der Waals surface area contributed by atoms with Crippen molar-refractivity contribution in [3.63, 3.8) is 0 Å². The van der Waals surface area contributed by atoms with Gasteiger partial charge in [0.05, 0.1) is 16.4 Å². The van der Waals surface area contributed by atoms with Crippen molar-refractivity contribution >= 4 is 34.2 Å². The van der Waals surface area contributed by atoms with Gasteiger partial charge in [-0.3, -0.25) is 0 Å². The highest BCUT2D eigenvalue weighted by Crippen LogP contribution is 2.30. The third kappa shape index (κ3) is 3.04. The number of halogens is 2. The Morgan fingerprint density at radius 3 is 2.74 bits per heavy atom. The average molecular weight is 301 g/mol. The quantitative estimate of drug-likeness (QED) is 0.755. The van der Waals surface area contributed by atoms with Crippen LogP contribution < -0.4 is 0 Å². The van der Waals surface area contributed by atoms with Crippen molar-refractivity contribution in [3.05, 3.63) is 29.0 Å². The summed E-state index contributed by atoms with van der Waals surface area (Å²) < 4.78 is 7.32. The number of hydrogen-bond donors (Lipinski definition) is 0. The maximum absolute atomic E-state index is 6.25. The lowest BCUT2D eigenvalue weighted by Gasteiger charge is -2.18. The van der Waals surface area contributed by atoms with Crippen LogP contribution in [0.1, 0.15) is 37.5 Å². The molecule has 2 rings (SSSR count). The first-order valence-electron chi connectivity index (χ1n) is 6.35. The Hall–Kier alpha value is -0.770. The molecule has 0 fully saturated rings. The molecule has 0 saturated carbocycles. The molecule has 3 nitrogen and oxygen atoms in total. The molecule has 0 aliphatic heterocycles. The number of ether oxygens (including phenoxy) is 1. The number of hydrogen-bond acceptors (Lipinski definition) is 2. The van der Waals surface area contributed by atoms with Gasteiger partial charge in [-0.05, 0) is 38.5 Å². The standard InChI is InChI=1S/C14H18Cl2N2O/c1-9(6-7-19-3)18-13-8-11(16)4-5-12(13)17-14(18)10(2)15/h4-5,8-10H,6-7H2,1-3H3. The summed E-state index contributed by atoms with van der Waals surface area (Å²) in [5.74, 6) is 0.877. The van der Waals surface area contributed by atoms with E-state index in [4.69, 9.17) is 27.9 Å². The highest BCUT2D eigenvalue weighted by molar-refractivity contribution is 6.31. The summed E-state index contributed by atoms with van der Waals surface area (Å²) in [4.78, 5) is 4.61. The zero-order valence-corrected chi connectivity index (χ0v) is 12.9. The summed E-state index contributed by atoms with van der Waals surface area (Å²) in [6.07, 6.45) is 0.908. The van der Waals surface area contributed by atoms with Gasteiger partial charge in [-0.25, -0.2) is 4.98 Å². The molecule has 5 heteroatoms. The van der Waals surface area contributed by atoms with E-state index < -0.39 is 0 Å². The Balaban J connectivity index is 2.53. The van der Waals surface area contributed by atoms with E-state index in [0.29, 0.717) is 11.6 Å². The van der Waals surface area contributed by atoms with Crippen molar-refractivity contribution in [2.45, 2.75) is 31.7 Å². The van der Waals surface area contributed by atoms with Gasteiger partial charge >= 0.3 is 0 Å². The number of benzene rings is 1. The molecule has 1 aromatic carbocycles. The van der Waals surface area contributed by atoms with Crippen LogP contribution in [0, 0.1) is 0 Å². The Kier molecular flexibility index (Phi) is 4.71. The fraction of sp³-hybridized carbons (Fsp3) is 0.500. The van der Waals surface area contributed by atoms with Crippen LogP contribution in [0.15, 0.2) is 18.2 Å². The number of imidazole rings is 1. The van der Waals surface area contributed by atoms with Gasteiger partial charge in [-0.1, -0.05) is 11.6 Å². The summed E-state index contributed by atoms with van der Waals surface area (Å²) in [5, 5.41) is 0.567. The molecule has 0 bridgehead atoms. The summed E-state index contributed by atoms with van der Waals surface area (Å²) >= 11 is 12.3. The van der Waals surface area contributed by atoms with Crippen LogP contribution in [0.3, 0.4) is 0 Å². The largest absolute Gasteiger partial charge is 0.385 e. The average Bonchev–Trinajstić information content (AvgIpc) is 2.74. The normalized spacial score (nSPS) is 14.8. The summed E-state index contributed by atoms with van der Waals surface area (Å²) in [6, 6.07) is 5.99. The Morgan fingerprint density at radius 1 is 1.37 bits per heavy atom. The van der Waals surface area contributed by atoms with Gasteiger partial charge in [-0.2, -0.15) is 0 Å². The summed E-state index contributed by atoms with van der Waals surface area (Å²) in [7, 11) is 1.71. The topological polar surface area (TPSA) is 27.1 Å². The molecule has 1 heterocycles. The maximum Gasteiger partial charge on any atom is 0.127 e. The molecule has 2 aromatic rings. The first kappa shape index (κ1) is 14.6. The van der Waals surface area contributed by atoms with E-state index in [1.807, 2.05) is 25.1 Å². The molecule has 0 aliphatic rings. The molecule has 1 aromatic heterocycles. The van der Waals surface area contributed by atoms with Crippen LogP contribution in [0.2, 0.25) is 5.02 Å². The molecular formula is C14H18Cl2N2O. The van der Waals surface area contributed by atoms with Crippen molar-refractivity contribution in [3.8, 4) is 0 Å². The second kappa shape index (κ2) is 6.12. The van der Waals surface area contributed by atoms with E-state index in [1.165, 1.54) is 0 Å². The second-order valence-corrected chi connectivity index (χ2v) is 5.81. The number of fused-ring (bicyclic) bond motifs is 1. The van der Waals surface area contributed by atoms with Gasteiger partial charge in [-0.15, -0.1) is 11.6 Å². The van der Waals surface area contributed by atoms with Gasteiger partial charge < -0.3 is 9.30 Å².